The standard InChI is InChI=1S/C33H45N5O5/c1-34-30(39)14-13-28(36-43-20-31(40)41)32-33(42)38(29-12-5-4-11-27(29)35-32)26-18-23-9-6-10-24(19-26)37(23)25-16-21-7-2-3-8-22(15-21)17-25/h4-5,11-12,21-26H,2-3,6-10,13-20H2,1H3,(H,34,39)(H,40,41)/b36-28+/t21-,22+,23-,24+,25?,26+. The van der Waals surface area contributed by atoms with Crippen LogP contribution < -0.4 is 10.9 Å². The highest BCUT2D eigenvalue weighted by Crippen LogP contribution is 2.47. The van der Waals surface area contributed by atoms with Crippen LogP contribution in [0.5, 0.6) is 0 Å². The number of rotatable bonds is 9. The van der Waals surface area contributed by atoms with E-state index in [2.05, 4.69) is 15.4 Å². The summed E-state index contributed by atoms with van der Waals surface area (Å²) in [5.41, 5.74) is 1.53. The molecule has 1 aromatic heterocycles. The van der Waals surface area contributed by atoms with Crippen molar-refractivity contribution < 1.29 is 19.5 Å². The molecule has 6 atom stereocenters. The van der Waals surface area contributed by atoms with E-state index in [1.54, 1.807) is 7.05 Å². The van der Waals surface area contributed by atoms with Crippen molar-refractivity contribution in [3.05, 3.63) is 40.3 Å². The van der Waals surface area contributed by atoms with E-state index in [-0.39, 0.29) is 41.8 Å². The maximum absolute atomic E-state index is 14.3. The highest BCUT2D eigenvalue weighted by molar-refractivity contribution is 6.01. The first-order chi connectivity index (χ1) is 20.9. The molecule has 1 unspecified atom stereocenters. The molecule has 4 bridgehead atoms. The van der Waals surface area contributed by atoms with Crippen molar-refractivity contribution in [1.82, 2.24) is 19.8 Å². The lowest BCUT2D eigenvalue weighted by Gasteiger charge is -2.54. The zero-order valence-electron chi connectivity index (χ0n) is 25.2. The van der Waals surface area contributed by atoms with Crippen molar-refractivity contribution in [3.8, 4) is 0 Å². The van der Waals surface area contributed by atoms with Crippen molar-refractivity contribution in [3.63, 3.8) is 0 Å². The third-order valence-electron chi connectivity index (χ3n) is 10.4. The highest BCUT2D eigenvalue weighted by atomic mass is 16.6. The zero-order chi connectivity index (χ0) is 29.9. The number of aliphatic carboxylic acids is 1. The van der Waals surface area contributed by atoms with Gasteiger partial charge in [0, 0.05) is 44.1 Å². The smallest absolute Gasteiger partial charge is 0.344 e. The average molecular weight is 592 g/mol. The van der Waals surface area contributed by atoms with E-state index < -0.39 is 12.6 Å². The second-order valence-electron chi connectivity index (χ2n) is 13.2. The van der Waals surface area contributed by atoms with Crippen molar-refractivity contribution in [1.29, 1.82) is 0 Å². The SMILES string of the molecule is CNC(=O)CC/C(=N\OCC(=O)O)c1nc2ccccc2n([C@H]2C[C@H]3CCC[C@@H](C2)N3C2C[C@H]3CCCC[C@@H](C2)C3)c1=O. The number of carboxylic acid groups (broad SMARTS) is 1. The second kappa shape index (κ2) is 13.2. The van der Waals surface area contributed by atoms with Crippen molar-refractivity contribution in [2.75, 3.05) is 13.7 Å². The van der Waals surface area contributed by atoms with Crippen LogP contribution in [-0.4, -0.2) is 68.9 Å². The molecule has 43 heavy (non-hydrogen) atoms. The Kier molecular flexibility index (Phi) is 9.12. The number of amides is 1. The monoisotopic (exact) mass is 591 g/mol. The number of oxime groups is 1. The minimum atomic E-state index is -1.17. The van der Waals surface area contributed by atoms with Gasteiger partial charge in [0.05, 0.1) is 11.0 Å². The lowest BCUT2D eigenvalue weighted by Crippen LogP contribution is -2.58. The summed E-state index contributed by atoms with van der Waals surface area (Å²) in [7, 11) is 1.55. The Morgan fingerprint density at radius 1 is 0.930 bits per heavy atom. The minimum Gasteiger partial charge on any atom is -0.479 e. The molecule has 2 aliphatic heterocycles. The second-order valence-corrected chi connectivity index (χ2v) is 13.2. The molecule has 0 spiro atoms. The summed E-state index contributed by atoms with van der Waals surface area (Å²) >= 11 is 0. The molecule has 2 saturated heterocycles. The predicted molar refractivity (Wildman–Crippen MR) is 164 cm³/mol. The number of carboxylic acids is 1. The lowest BCUT2D eigenvalue weighted by molar-refractivity contribution is -0.142. The van der Waals surface area contributed by atoms with E-state index in [0.29, 0.717) is 23.6 Å². The van der Waals surface area contributed by atoms with Gasteiger partial charge in [-0.3, -0.25) is 14.5 Å². The third-order valence-corrected chi connectivity index (χ3v) is 10.4. The molecule has 2 saturated carbocycles. The number of nitrogens with zero attached hydrogens (tertiary/aromatic N) is 4. The number of aromatic nitrogens is 2. The van der Waals surface area contributed by atoms with Crippen LogP contribution in [0.25, 0.3) is 11.0 Å². The van der Waals surface area contributed by atoms with Crippen molar-refractivity contribution >= 4 is 28.6 Å². The van der Waals surface area contributed by atoms with E-state index in [1.165, 1.54) is 64.2 Å². The normalized spacial score (nSPS) is 29.6. The van der Waals surface area contributed by atoms with Crippen LogP contribution >= 0.6 is 0 Å². The summed E-state index contributed by atoms with van der Waals surface area (Å²) in [4.78, 5) is 50.2. The topological polar surface area (TPSA) is 126 Å². The molecule has 10 heteroatoms. The number of hydrogen-bond acceptors (Lipinski definition) is 7. The van der Waals surface area contributed by atoms with Crippen LogP contribution in [0.2, 0.25) is 0 Å². The van der Waals surface area contributed by atoms with Gasteiger partial charge in [0.1, 0.15) is 5.71 Å². The van der Waals surface area contributed by atoms with Gasteiger partial charge in [0.15, 0.2) is 5.69 Å². The summed E-state index contributed by atoms with van der Waals surface area (Å²) in [6.45, 7) is -0.643. The molecule has 2 N–H and O–H groups in total. The first-order valence-electron chi connectivity index (χ1n) is 16.3. The van der Waals surface area contributed by atoms with Gasteiger partial charge in [0.2, 0.25) is 12.5 Å². The van der Waals surface area contributed by atoms with Gasteiger partial charge in [-0.15, -0.1) is 0 Å². The van der Waals surface area contributed by atoms with Crippen LogP contribution in [0.15, 0.2) is 34.2 Å². The number of piperidine rings is 2. The predicted octanol–water partition coefficient (Wildman–Crippen LogP) is 4.64. The molecule has 1 amide bonds. The number of fused-ring (bicyclic) bond motifs is 5. The summed E-state index contributed by atoms with van der Waals surface area (Å²) in [5, 5.41) is 15.7. The molecule has 0 radical (unpaired) electrons. The summed E-state index contributed by atoms with van der Waals surface area (Å²) in [6, 6.07) is 9.31. The molecule has 232 valence electrons. The molecular formula is C33H45N5O5. The molecule has 1 aromatic carbocycles. The first-order valence-corrected chi connectivity index (χ1v) is 16.3. The zero-order valence-corrected chi connectivity index (χ0v) is 25.2. The van der Waals surface area contributed by atoms with E-state index in [9.17, 15) is 14.4 Å². The van der Waals surface area contributed by atoms with Crippen LogP contribution in [0.3, 0.4) is 0 Å². The molecule has 4 fully saturated rings. The lowest BCUT2D eigenvalue weighted by atomic mass is 9.73. The Morgan fingerprint density at radius 2 is 1.63 bits per heavy atom. The molecule has 2 aromatic rings. The van der Waals surface area contributed by atoms with Gasteiger partial charge in [-0.05, 0) is 68.9 Å². The van der Waals surface area contributed by atoms with Gasteiger partial charge in [0.25, 0.3) is 5.56 Å². The number of benzene rings is 1. The molecule has 3 heterocycles. The largest absolute Gasteiger partial charge is 0.479 e. The Bertz CT molecular complexity index is 1390. The van der Waals surface area contributed by atoms with Crippen LogP contribution in [0.4, 0.5) is 0 Å². The van der Waals surface area contributed by atoms with Gasteiger partial charge in [-0.2, -0.15) is 0 Å². The van der Waals surface area contributed by atoms with Crippen LogP contribution in [0.1, 0.15) is 102 Å². The fourth-order valence-electron chi connectivity index (χ4n) is 8.74. The fourth-order valence-corrected chi connectivity index (χ4v) is 8.74. The Hall–Kier alpha value is -3.27. The maximum atomic E-state index is 14.3. The summed E-state index contributed by atoms with van der Waals surface area (Å²) < 4.78 is 1.92. The Labute approximate surface area is 252 Å². The molecular weight excluding hydrogens is 546 g/mol. The fraction of sp³-hybridized carbons (Fsp3) is 0.667. The molecule has 4 aliphatic rings. The third kappa shape index (κ3) is 6.49. The summed E-state index contributed by atoms with van der Waals surface area (Å²) in [6.07, 6.45) is 15.3. The number of hydrogen-bond donors (Lipinski definition) is 2. The van der Waals surface area contributed by atoms with E-state index in [4.69, 9.17) is 14.9 Å². The van der Waals surface area contributed by atoms with Crippen molar-refractivity contribution in [2.45, 2.75) is 114 Å². The van der Waals surface area contributed by atoms with Gasteiger partial charge < -0.3 is 19.8 Å². The van der Waals surface area contributed by atoms with E-state index in [0.717, 1.165) is 30.2 Å². The quantitative estimate of drug-likeness (QED) is 0.321. The number of carbonyl (C=O) groups excluding carboxylic acids is 1. The van der Waals surface area contributed by atoms with E-state index >= 15 is 0 Å². The average Bonchev–Trinajstić information content (AvgIpc) is 3.16. The molecule has 2 aliphatic carbocycles. The minimum absolute atomic E-state index is 0.0247. The molecule has 10 nitrogen and oxygen atoms in total. The van der Waals surface area contributed by atoms with Gasteiger partial charge >= 0.3 is 5.97 Å². The first kappa shape index (κ1) is 29.8. The van der Waals surface area contributed by atoms with Gasteiger partial charge in [-0.25, -0.2) is 9.78 Å². The maximum Gasteiger partial charge on any atom is 0.344 e. The molecule has 6 rings (SSSR count). The van der Waals surface area contributed by atoms with Crippen LogP contribution in [0, 0.1) is 11.8 Å². The number of para-hydroxylation sites is 2. The number of carbonyl (C=O) groups is 2. The Morgan fingerprint density at radius 3 is 2.30 bits per heavy atom. The number of nitrogens with one attached hydrogen (secondary N) is 1. The van der Waals surface area contributed by atoms with E-state index in [1.807, 2.05) is 28.8 Å². The van der Waals surface area contributed by atoms with Gasteiger partial charge in [-0.1, -0.05) is 49.4 Å². The van der Waals surface area contributed by atoms with Crippen molar-refractivity contribution in [2.24, 2.45) is 17.0 Å². The van der Waals surface area contributed by atoms with Crippen LogP contribution in [-0.2, 0) is 14.4 Å². The summed E-state index contributed by atoms with van der Waals surface area (Å²) in [5.74, 6) is 0.355. The highest BCUT2D eigenvalue weighted by Gasteiger charge is 2.45. The Balaban J connectivity index is 1.33.